The molecule has 0 aliphatic carbocycles. The van der Waals surface area contributed by atoms with Crippen LogP contribution in [0.25, 0.3) is 0 Å². The lowest BCUT2D eigenvalue weighted by Crippen LogP contribution is -2.44. The van der Waals surface area contributed by atoms with Gasteiger partial charge in [-0.25, -0.2) is 0 Å². The lowest BCUT2D eigenvalue weighted by Gasteiger charge is -2.37. The van der Waals surface area contributed by atoms with Gasteiger partial charge in [-0.05, 0) is 54.3 Å². The standard InChI is InChI=1S/C20H38O2Si2/c1-19(2,3)23(7,8)21-16-15-17-13-11-12-14-18(17)22-24(9,10)20(4,5)6/h11-14H,15-16H2,1-10H3. The normalized spacial score (nSPS) is 13.9. The number of hydrogen-bond acceptors (Lipinski definition) is 2. The van der Waals surface area contributed by atoms with Crippen molar-refractivity contribution < 1.29 is 8.85 Å². The molecule has 1 aromatic rings. The van der Waals surface area contributed by atoms with Crippen molar-refractivity contribution in [3.63, 3.8) is 0 Å². The predicted molar refractivity (Wildman–Crippen MR) is 111 cm³/mol. The zero-order valence-electron chi connectivity index (χ0n) is 17.5. The summed E-state index contributed by atoms with van der Waals surface area (Å²) in [6, 6.07) is 8.46. The van der Waals surface area contributed by atoms with E-state index in [0.29, 0.717) is 0 Å². The molecule has 0 fully saturated rings. The molecule has 0 N–H and O–H groups in total. The average Bonchev–Trinajstić information content (AvgIpc) is 2.37. The summed E-state index contributed by atoms with van der Waals surface area (Å²) in [6.45, 7) is 23.7. The fourth-order valence-corrected chi connectivity index (χ4v) is 3.97. The van der Waals surface area contributed by atoms with Gasteiger partial charge in [-0.2, -0.15) is 0 Å². The van der Waals surface area contributed by atoms with Crippen molar-refractivity contribution in [2.75, 3.05) is 6.61 Å². The Hall–Kier alpha value is -0.586. The molecule has 0 bridgehead atoms. The van der Waals surface area contributed by atoms with Crippen LogP contribution in [0.15, 0.2) is 24.3 Å². The van der Waals surface area contributed by atoms with E-state index in [9.17, 15) is 0 Å². The van der Waals surface area contributed by atoms with Crippen molar-refractivity contribution in [2.24, 2.45) is 0 Å². The predicted octanol–water partition coefficient (Wildman–Crippen LogP) is 6.63. The summed E-state index contributed by atoms with van der Waals surface area (Å²) < 4.78 is 12.9. The van der Waals surface area contributed by atoms with Gasteiger partial charge in [0.2, 0.25) is 8.32 Å². The van der Waals surface area contributed by atoms with Gasteiger partial charge >= 0.3 is 0 Å². The van der Waals surface area contributed by atoms with Gasteiger partial charge in [0.05, 0.1) is 0 Å². The van der Waals surface area contributed by atoms with E-state index in [4.69, 9.17) is 8.85 Å². The van der Waals surface area contributed by atoms with E-state index in [1.54, 1.807) is 0 Å². The van der Waals surface area contributed by atoms with Crippen LogP contribution in [-0.4, -0.2) is 23.2 Å². The van der Waals surface area contributed by atoms with Gasteiger partial charge < -0.3 is 8.85 Å². The van der Waals surface area contributed by atoms with Crippen molar-refractivity contribution in [1.29, 1.82) is 0 Å². The minimum absolute atomic E-state index is 0.206. The van der Waals surface area contributed by atoms with Gasteiger partial charge in [-0.15, -0.1) is 0 Å². The molecule has 0 spiro atoms. The smallest absolute Gasteiger partial charge is 0.250 e. The van der Waals surface area contributed by atoms with Crippen LogP contribution >= 0.6 is 0 Å². The molecule has 138 valence electrons. The fourth-order valence-electron chi connectivity index (χ4n) is 1.87. The average molecular weight is 367 g/mol. The van der Waals surface area contributed by atoms with Crippen molar-refractivity contribution in [3.8, 4) is 5.75 Å². The Labute approximate surface area is 152 Å². The molecule has 1 rings (SSSR count). The van der Waals surface area contributed by atoms with Crippen molar-refractivity contribution in [3.05, 3.63) is 29.8 Å². The van der Waals surface area contributed by atoms with E-state index in [-0.39, 0.29) is 10.1 Å². The SMILES string of the molecule is CC(C)(C)[Si](C)(C)OCCc1ccccc1O[Si](C)(C)C(C)(C)C. The first-order valence-electron chi connectivity index (χ1n) is 9.08. The van der Waals surface area contributed by atoms with E-state index in [2.05, 4.69) is 92.0 Å². The van der Waals surface area contributed by atoms with Crippen LogP contribution in [-0.2, 0) is 10.8 Å². The summed E-state index contributed by atoms with van der Waals surface area (Å²) in [6.07, 6.45) is 0.914. The topological polar surface area (TPSA) is 18.5 Å². The summed E-state index contributed by atoms with van der Waals surface area (Å²) in [5.41, 5.74) is 1.26. The van der Waals surface area contributed by atoms with Gasteiger partial charge in [0, 0.05) is 6.61 Å². The lowest BCUT2D eigenvalue weighted by atomic mass is 10.1. The monoisotopic (exact) mass is 366 g/mol. The fraction of sp³-hybridized carbons (Fsp3) is 0.700. The Balaban J connectivity index is 2.82. The summed E-state index contributed by atoms with van der Waals surface area (Å²) >= 11 is 0. The molecule has 0 saturated heterocycles. The van der Waals surface area contributed by atoms with E-state index < -0.39 is 16.6 Å². The van der Waals surface area contributed by atoms with Gasteiger partial charge in [-0.1, -0.05) is 59.7 Å². The molecule has 0 aromatic heterocycles. The highest BCUT2D eigenvalue weighted by Gasteiger charge is 2.39. The highest BCUT2D eigenvalue weighted by atomic mass is 28.4. The van der Waals surface area contributed by atoms with E-state index in [0.717, 1.165) is 18.8 Å². The van der Waals surface area contributed by atoms with E-state index in [1.807, 2.05) is 0 Å². The lowest BCUT2D eigenvalue weighted by molar-refractivity contribution is 0.291. The molecule has 0 atom stereocenters. The van der Waals surface area contributed by atoms with Gasteiger partial charge in [-0.3, -0.25) is 0 Å². The zero-order valence-corrected chi connectivity index (χ0v) is 19.5. The Morgan fingerprint density at radius 1 is 0.792 bits per heavy atom. The van der Waals surface area contributed by atoms with Crippen LogP contribution in [0.1, 0.15) is 47.1 Å². The van der Waals surface area contributed by atoms with Crippen molar-refractivity contribution in [1.82, 2.24) is 0 Å². The molecular weight excluding hydrogens is 328 g/mol. The van der Waals surface area contributed by atoms with Crippen molar-refractivity contribution >= 4 is 16.6 Å². The largest absolute Gasteiger partial charge is 0.543 e. The maximum atomic E-state index is 6.54. The molecule has 4 heteroatoms. The third-order valence-electron chi connectivity index (χ3n) is 5.78. The summed E-state index contributed by atoms with van der Waals surface area (Å²) in [5.74, 6) is 1.04. The molecule has 0 aliphatic heterocycles. The van der Waals surface area contributed by atoms with Crippen LogP contribution in [0, 0.1) is 0 Å². The first-order valence-corrected chi connectivity index (χ1v) is 14.9. The number of benzene rings is 1. The first-order chi connectivity index (χ1) is 10.7. The third-order valence-corrected chi connectivity index (χ3v) is 14.7. The van der Waals surface area contributed by atoms with Gasteiger partial charge in [0.15, 0.2) is 8.32 Å². The summed E-state index contributed by atoms with van der Waals surface area (Å²) in [7, 11) is -3.50. The zero-order chi connectivity index (χ0) is 18.8. The highest BCUT2D eigenvalue weighted by molar-refractivity contribution is 6.75. The minimum atomic E-state index is -1.82. The van der Waals surface area contributed by atoms with Crippen LogP contribution in [0.5, 0.6) is 5.75 Å². The Morgan fingerprint density at radius 3 is 1.79 bits per heavy atom. The Morgan fingerprint density at radius 2 is 1.29 bits per heavy atom. The van der Waals surface area contributed by atoms with Gasteiger partial charge in [0.1, 0.15) is 5.75 Å². The van der Waals surface area contributed by atoms with E-state index >= 15 is 0 Å². The molecule has 2 nitrogen and oxygen atoms in total. The second-order valence-electron chi connectivity index (χ2n) is 9.83. The quantitative estimate of drug-likeness (QED) is 0.526. The molecule has 0 radical (unpaired) electrons. The molecule has 24 heavy (non-hydrogen) atoms. The maximum Gasteiger partial charge on any atom is 0.250 e. The van der Waals surface area contributed by atoms with E-state index in [1.165, 1.54) is 5.56 Å². The maximum absolute atomic E-state index is 6.54. The third kappa shape index (κ3) is 5.46. The summed E-state index contributed by atoms with van der Waals surface area (Å²) in [4.78, 5) is 0. The Bertz CT molecular complexity index is 537. The summed E-state index contributed by atoms with van der Waals surface area (Å²) in [5, 5.41) is 0.460. The molecule has 0 saturated carbocycles. The van der Waals surface area contributed by atoms with Crippen LogP contribution in [0.2, 0.25) is 36.3 Å². The molecule has 0 unspecified atom stereocenters. The van der Waals surface area contributed by atoms with Crippen molar-refractivity contribution in [2.45, 2.75) is 84.2 Å². The first kappa shape index (κ1) is 21.5. The van der Waals surface area contributed by atoms with Crippen LogP contribution in [0.4, 0.5) is 0 Å². The molecule has 0 amide bonds. The Kier molecular flexibility index (Phi) is 6.56. The molecule has 0 heterocycles. The number of para-hydroxylation sites is 1. The van der Waals surface area contributed by atoms with Crippen LogP contribution in [0.3, 0.4) is 0 Å². The minimum Gasteiger partial charge on any atom is -0.543 e. The van der Waals surface area contributed by atoms with Gasteiger partial charge in [0.25, 0.3) is 0 Å². The highest BCUT2D eigenvalue weighted by Crippen LogP contribution is 2.39. The van der Waals surface area contributed by atoms with Crippen LogP contribution < -0.4 is 4.43 Å². The molecule has 0 aliphatic rings. The molecule has 1 aromatic carbocycles. The second kappa shape index (κ2) is 7.34. The number of rotatable bonds is 6. The second-order valence-corrected chi connectivity index (χ2v) is 19.4. The number of hydrogen-bond donors (Lipinski definition) is 0. The molecular formula is C20H38O2Si2.